The predicted octanol–water partition coefficient (Wildman–Crippen LogP) is 2.00. The number of hydrogen-bond acceptors (Lipinski definition) is 6. The summed E-state index contributed by atoms with van der Waals surface area (Å²) in [5.74, 6) is 1.78. The molecular weight excluding hydrogens is 418 g/mol. The van der Waals surface area contributed by atoms with Crippen LogP contribution in [-0.2, 0) is 11.3 Å². The highest BCUT2D eigenvalue weighted by Gasteiger charge is 2.22. The van der Waals surface area contributed by atoms with Crippen molar-refractivity contribution in [1.82, 2.24) is 30.6 Å². The average molecular weight is 448 g/mol. The summed E-state index contributed by atoms with van der Waals surface area (Å²) in [5.41, 5.74) is 0.802. The molecule has 3 rings (SSSR count). The number of amides is 1. The predicted molar refractivity (Wildman–Crippen MR) is 121 cm³/mol. The van der Waals surface area contributed by atoms with Crippen LogP contribution in [0.25, 0.3) is 11.4 Å². The van der Waals surface area contributed by atoms with Crippen LogP contribution in [0.5, 0.6) is 0 Å². The molecule has 1 saturated heterocycles. The molecule has 0 saturated carbocycles. The Hall–Kier alpha value is -2.65. The molecule has 1 fully saturated rings. The van der Waals surface area contributed by atoms with Crippen molar-refractivity contribution in [3.63, 3.8) is 0 Å². The Bertz CT molecular complexity index is 891. The number of rotatable bonds is 7. The molecule has 1 aromatic carbocycles. The molecule has 0 bridgehead atoms. The maximum Gasteiger partial charge on any atom is 0.248 e. The Labute approximate surface area is 187 Å². The molecule has 1 aliphatic heterocycles. The molecule has 2 heterocycles. The van der Waals surface area contributed by atoms with E-state index in [1.807, 2.05) is 19.1 Å². The third kappa shape index (κ3) is 6.93. The molecule has 168 valence electrons. The van der Waals surface area contributed by atoms with Crippen molar-refractivity contribution in [2.24, 2.45) is 4.99 Å². The van der Waals surface area contributed by atoms with Gasteiger partial charge in [-0.1, -0.05) is 28.9 Å². The zero-order valence-corrected chi connectivity index (χ0v) is 19.0. The summed E-state index contributed by atoms with van der Waals surface area (Å²) in [7, 11) is 3.58. The third-order valence-corrected chi connectivity index (χ3v) is 5.29. The zero-order valence-electron chi connectivity index (χ0n) is 18.3. The lowest BCUT2D eigenvalue weighted by atomic mass is 10.1. The van der Waals surface area contributed by atoms with Crippen molar-refractivity contribution in [3.8, 4) is 11.4 Å². The van der Waals surface area contributed by atoms with Crippen LogP contribution in [0.2, 0.25) is 5.02 Å². The van der Waals surface area contributed by atoms with E-state index in [0.29, 0.717) is 35.3 Å². The summed E-state index contributed by atoms with van der Waals surface area (Å²) in [6.07, 6.45) is 1.90. The molecule has 1 amide bonds. The maximum absolute atomic E-state index is 11.9. The molecule has 2 aromatic rings. The highest BCUT2D eigenvalue weighted by atomic mass is 35.5. The molecule has 2 N–H and O–H groups in total. The van der Waals surface area contributed by atoms with Crippen molar-refractivity contribution >= 4 is 23.5 Å². The Morgan fingerprint density at radius 1 is 1.35 bits per heavy atom. The molecule has 1 aliphatic rings. The first-order valence-corrected chi connectivity index (χ1v) is 10.9. The van der Waals surface area contributed by atoms with Gasteiger partial charge in [0.15, 0.2) is 5.96 Å². The Balaban J connectivity index is 1.53. The van der Waals surface area contributed by atoms with E-state index in [-0.39, 0.29) is 12.5 Å². The van der Waals surface area contributed by atoms with Gasteiger partial charge in [-0.3, -0.25) is 9.69 Å². The summed E-state index contributed by atoms with van der Waals surface area (Å²) < 4.78 is 5.34. The van der Waals surface area contributed by atoms with Gasteiger partial charge in [-0.25, -0.2) is 4.99 Å². The number of carbonyl (C=O) groups excluding carboxylic acids is 1. The van der Waals surface area contributed by atoms with Crippen molar-refractivity contribution in [3.05, 3.63) is 35.2 Å². The summed E-state index contributed by atoms with van der Waals surface area (Å²) in [6, 6.07) is 7.63. The van der Waals surface area contributed by atoms with Crippen molar-refractivity contribution in [2.75, 3.05) is 40.3 Å². The second kappa shape index (κ2) is 11.1. The number of nitrogens with zero attached hydrogens (tertiary/aromatic N) is 5. The maximum atomic E-state index is 11.9. The van der Waals surface area contributed by atoms with E-state index in [0.717, 1.165) is 38.0 Å². The fraction of sp³-hybridized carbons (Fsp3) is 0.524. The highest BCUT2D eigenvalue weighted by Crippen LogP contribution is 2.20. The smallest absolute Gasteiger partial charge is 0.248 e. The van der Waals surface area contributed by atoms with Gasteiger partial charge in [0.2, 0.25) is 17.6 Å². The highest BCUT2D eigenvalue weighted by molar-refractivity contribution is 6.30. The van der Waals surface area contributed by atoms with Gasteiger partial charge in [-0.05, 0) is 31.9 Å². The van der Waals surface area contributed by atoms with E-state index >= 15 is 0 Å². The number of piperidine rings is 1. The Morgan fingerprint density at radius 2 is 2.13 bits per heavy atom. The number of aliphatic imine (C=N–C) groups is 1. The van der Waals surface area contributed by atoms with Crippen LogP contribution in [0.4, 0.5) is 0 Å². The minimum atomic E-state index is 0.137. The largest absolute Gasteiger partial charge is 0.357 e. The number of hydrogen-bond donors (Lipinski definition) is 2. The number of guanidine groups is 1. The van der Waals surface area contributed by atoms with Crippen LogP contribution in [0.1, 0.15) is 25.7 Å². The van der Waals surface area contributed by atoms with E-state index in [1.165, 1.54) is 0 Å². The van der Waals surface area contributed by atoms with Gasteiger partial charge in [-0.15, -0.1) is 0 Å². The van der Waals surface area contributed by atoms with E-state index in [4.69, 9.17) is 16.1 Å². The molecule has 0 spiro atoms. The SMILES string of the molecule is CCNC(=NCc1nc(-c2cccc(Cl)c2)no1)NC1CCN(CC(=O)N(C)C)CC1. The number of aromatic nitrogens is 2. The van der Waals surface area contributed by atoms with Crippen molar-refractivity contribution < 1.29 is 9.32 Å². The summed E-state index contributed by atoms with van der Waals surface area (Å²) in [6.45, 7) is 5.28. The Morgan fingerprint density at radius 3 is 2.81 bits per heavy atom. The van der Waals surface area contributed by atoms with Gasteiger partial charge in [-0.2, -0.15) is 4.98 Å². The van der Waals surface area contributed by atoms with Crippen molar-refractivity contribution in [1.29, 1.82) is 0 Å². The van der Waals surface area contributed by atoms with Gasteiger partial charge in [0.05, 0.1) is 6.54 Å². The number of likely N-dealkylation sites (N-methyl/N-ethyl adjacent to an activating group) is 1. The number of carbonyl (C=O) groups is 1. The van der Waals surface area contributed by atoms with Gasteiger partial charge in [0.25, 0.3) is 0 Å². The van der Waals surface area contributed by atoms with E-state index < -0.39 is 0 Å². The number of nitrogens with one attached hydrogen (secondary N) is 2. The average Bonchev–Trinajstić information content (AvgIpc) is 3.22. The fourth-order valence-corrected chi connectivity index (χ4v) is 3.48. The third-order valence-electron chi connectivity index (χ3n) is 5.05. The quantitative estimate of drug-likeness (QED) is 0.494. The standard InChI is InChI=1S/C21H30ClN7O2/c1-4-23-21(25-17-8-10-29(11-9-17)14-19(30)28(2)3)24-13-18-26-20(27-31-18)15-6-5-7-16(22)12-15/h5-7,12,17H,4,8-11,13-14H2,1-3H3,(H2,23,24,25). The van der Waals surface area contributed by atoms with Crippen LogP contribution >= 0.6 is 11.6 Å². The summed E-state index contributed by atoms with van der Waals surface area (Å²) >= 11 is 6.03. The normalized spacial score (nSPS) is 15.7. The van der Waals surface area contributed by atoms with Crippen LogP contribution in [-0.4, -0.2) is 78.1 Å². The molecule has 31 heavy (non-hydrogen) atoms. The fourth-order valence-electron chi connectivity index (χ4n) is 3.29. The van der Waals surface area contributed by atoms with Crippen LogP contribution in [0, 0.1) is 0 Å². The molecule has 0 atom stereocenters. The van der Waals surface area contributed by atoms with Gasteiger partial charge in [0, 0.05) is 50.4 Å². The number of likely N-dealkylation sites (tertiary alicyclic amines) is 1. The van der Waals surface area contributed by atoms with E-state index in [1.54, 1.807) is 31.1 Å². The minimum Gasteiger partial charge on any atom is -0.357 e. The number of benzene rings is 1. The topological polar surface area (TPSA) is 98.9 Å². The molecule has 0 unspecified atom stereocenters. The monoisotopic (exact) mass is 447 g/mol. The first-order valence-electron chi connectivity index (χ1n) is 10.5. The van der Waals surface area contributed by atoms with Gasteiger partial charge in [0.1, 0.15) is 6.54 Å². The Kier molecular flexibility index (Phi) is 8.25. The second-order valence-corrected chi connectivity index (χ2v) is 8.14. The minimum absolute atomic E-state index is 0.137. The first kappa shape index (κ1) is 23.0. The van der Waals surface area contributed by atoms with E-state index in [9.17, 15) is 4.79 Å². The number of halogens is 1. The second-order valence-electron chi connectivity index (χ2n) is 7.70. The lowest BCUT2D eigenvalue weighted by Gasteiger charge is -2.33. The molecule has 9 nitrogen and oxygen atoms in total. The molecule has 0 radical (unpaired) electrons. The molecule has 10 heteroatoms. The van der Waals surface area contributed by atoms with Gasteiger partial charge < -0.3 is 20.1 Å². The first-order chi connectivity index (χ1) is 14.9. The van der Waals surface area contributed by atoms with E-state index in [2.05, 4.69) is 30.7 Å². The van der Waals surface area contributed by atoms with Crippen LogP contribution < -0.4 is 10.6 Å². The van der Waals surface area contributed by atoms with Crippen LogP contribution in [0.15, 0.2) is 33.8 Å². The van der Waals surface area contributed by atoms with Crippen LogP contribution in [0.3, 0.4) is 0 Å². The molecular formula is C21H30ClN7O2. The lowest BCUT2D eigenvalue weighted by molar-refractivity contribution is -0.130. The summed E-state index contributed by atoms with van der Waals surface area (Å²) in [4.78, 5) is 24.7. The zero-order chi connectivity index (χ0) is 22.2. The molecule has 1 aromatic heterocycles. The van der Waals surface area contributed by atoms with Crippen molar-refractivity contribution in [2.45, 2.75) is 32.4 Å². The molecule has 0 aliphatic carbocycles. The lowest BCUT2D eigenvalue weighted by Crippen LogP contribution is -2.50. The van der Waals surface area contributed by atoms with Gasteiger partial charge >= 0.3 is 0 Å². The summed E-state index contributed by atoms with van der Waals surface area (Å²) in [5, 5.41) is 11.4.